The molecule has 0 spiro atoms. The maximum atomic E-state index is 6.95. The summed E-state index contributed by atoms with van der Waals surface area (Å²) in [7, 11) is -2.39. The summed E-state index contributed by atoms with van der Waals surface area (Å²) in [6, 6.07) is 21.8. The molecule has 3 heteroatoms. The molecule has 174 valence electrons. The molecule has 0 amide bonds. The highest BCUT2D eigenvalue weighted by molar-refractivity contribution is 6.99. The molecule has 1 nitrogen and oxygen atoms in total. The zero-order valence-electron chi connectivity index (χ0n) is 20.3. The molecule has 0 fully saturated rings. The maximum Gasteiger partial charge on any atom is 0.261 e. The molecule has 0 heterocycles. The standard InChI is InChI=1S/C29H41ClOSi/c1-29(2,3)32(27-21-15-13-16-22-27,28-23-17-14-18-24-28)31-26-20-12-10-8-6-4-5-7-9-11-19-25-30/h13-18,21-24H,5,7-12,19-20,25-26H2,1-3H3. The Morgan fingerprint density at radius 1 is 0.688 bits per heavy atom. The minimum Gasteiger partial charge on any atom is -0.407 e. The van der Waals surface area contributed by atoms with Gasteiger partial charge in [0.25, 0.3) is 8.32 Å². The third kappa shape index (κ3) is 8.11. The Morgan fingerprint density at radius 3 is 1.62 bits per heavy atom. The molecule has 0 unspecified atom stereocenters. The van der Waals surface area contributed by atoms with Crippen LogP contribution in [-0.4, -0.2) is 20.8 Å². The van der Waals surface area contributed by atoms with Crippen molar-refractivity contribution in [3.05, 3.63) is 60.7 Å². The van der Waals surface area contributed by atoms with Crippen molar-refractivity contribution in [2.75, 3.05) is 12.5 Å². The van der Waals surface area contributed by atoms with Gasteiger partial charge in [-0.15, -0.1) is 23.4 Å². The Hall–Kier alpha value is -1.53. The van der Waals surface area contributed by atoms with Crippen LogP contribution in [0.25, 0.3) is 0 Å². The average molecular weight is 469 g/mol. The monoisotopic (exact) mass is 468 g/mol. The molecule has 0 aromatic heterocycles. The third-order valence-electron chi connectivity index (χ3n) is 5.99. The van der Waals surface area contributed by atoms with Gasteiger partial charge in [0.2, 0.25) is 0 Å². The number of alkyl halides is 1. The Bertz CT molecular complexity index is 762. The van der Waals surface area contributed by atoms with E-state index in [2.05, 4.69) is 93.3 Å². The minimum atomic E-state index is -2.39. The van der Waals surface area contributed by atoms with Gasteiger partial charge in [0.1, 0.15) is 0 Å². The largest absolute Gasteiger partial charge is 0.407 e. The van der Waals surface area contributed by atoms with Crippen molar-refractivity contribution < 1.29 is 4.43 Å². The zero-order chi connectivity index (χ0) is 23.1. The molecule has 0 saturated carbocycles. The normalized spacial score (nSPS) is 11.8. The number of halogens is 1. The van der Waals surface area contributed by atoms with Crippen LogP contribution in [0, 0.1) is 11.8 Å². The Balaban J connectivity index is 1.89. The first kappa shape index (κ1) is 26.7. The second-order valence-electron chi connectivity index (χ2n) is 9.53. The molecule has 0 bridgehead atoms. The molecular weight excluding hydrogens is 428 g/mol. The van der Waals surface area contributed by atoms with Crippen LogP contribution in [0.1, 0.15) is 78.6 Å². The minimum absolute atomic E-state index is 0.0466. The van der Waals surface area contributed by atoms with Crippen LogP contribution < -0.4 is 10.4 Å². The number of benzene rings is 2. The smallest absolute Gasteiger partial charge is 0.261 e. The topological polar surface area (TPSA) is 9.23 Å². The van der Waals surface area contributed by atoms with Crippen molar-refractivity contribution in [1.82, 2.24) is 0 Å². The molecule has 0 atom stereocenters. The van der Waals surface area contributed by atoms with Crippen LogP contribution in [-0.2, 0) is 4.43 Å². The predicted molar refractivity (Wildman–Crippen MR) is 144 cm³/mol. The van der Waals surface area contributed by atoms with Crippen LogP contribution in [0.3, 0.4) is 0 Å². The molecule has 0 N–H and O–H groups in total. The van der Waals surface area contributed by atoms with Gasteiger partial charge in [-0.2, -0.15) is 0 Å². The molecule has 32 heavy (non-hydrogen) atoms. The Morgan fingerprint density at radius 2 is 1.16 bits per heavy atom. The fraction of sp³-hybridized carbons (Fsp3) is 0.517. The number of hydrogen-bond acceptors (Lipinski definition) is 1. The lowest BCUT2D eigenvalue weighted by atomic mass is 10.1. The fourth-order valence-electron chi connectivity index (χ4n) is 4.32. The fourth-order valence-corrected chi connectivity index (χ4v) is 9.11. The second kappa shape index (κ2) is 14.6. The summed E-state index contributed by atoms with van der Waals surface area (Å²) in [5, 5.41) is 2.76. The number of hydrogen-bond donors (Lipinski definition) is 0. The van der Waals surface area contributed by atoms with E-state index in [1.54, 1.807) is 0 Å². The summed E-state index contributed by atoms with van der Waals surface area (Å²) in [5.41, 5.74) is 0. The van der Waals surface area contributed by atoms with E-state index >= 15 is 0 Å². The first-order valence-electron chi connectivity index (χ1n) is 12.3. The number of unbranched alkanes of at least 4 members (excludes halogenated alkanes) is 7. The van der Waals surface area contributed by atoms with Crippen LogP contribution >= 0.6 is 11.6 Å². The Labute approximate surface area is 203 Å². The van der Waals surface area contributed by atoms with Gasteiger partial charge in [-0.25, -0.2) is 0 Å². The lowest BCUT2D eigenvalue weighted by Gasteiger charge is -2.43. The lowest BCUT2D eigenvalue weighted by molar-refractivity contribution is 0.287. The van der Waals surface area contributed by atoms with Gasteiger partial charge in [0.15, 0.2) is 0 Å². The van der Waals surface area contributed by atoms with Crippen molar-refractivity contribution in [3.8, 4) is 11.8 Å². The Kier molecular flexibility index (Phi) is 12.2. The van der Waals surface area contributed by atoms with Crippen molar-refractivity contribution in [2.45, 2.75) is 83.6 Å². The summed E-state index contributed by atoms with van der Waals surface area (Å²) < 4.78 is 6.95. The highest BCUT2D eigenvalue weighted by atomic mass is 35.5. The first-order chi connectivity index (χ1) is 15.5. The van der Waals surface area contributed by atoms with E-state index in [9.17, 15) is 0 Å². The third-order valence-corrected chi connectivity index (χ3v) is 11.3. The van der Waals surface area contributed by atoms with Crippen LogP contribution in [0.5, 0.6) is 0 Å². The van der Waals surface area contributed by atoms with Crippen LogP contribution in [0.4, 0.5) is 0 Å². The van der Waals surface area contributed by atoms with E-state index < -0.39 is 8.32 Å². The van der Waals surface area contributed by atoms with Crippen LogP contribution in [0.2, 0.25) is 5.04 Å². The summed E-state index contributed by atoms with van der Waals surface area (Å²) in [6.45, 7) is 7.82. The van der Waals surface area contributed by atoms with Gasteiger partial charge in [-0.05, 0) is 41.1 Å². The van der Waals surface area contributed by atoms with Gasteiger partial charge in [-0.3, -0.25) is 0 Å². The van der Waals surface area contributed by atoms with E-state index in [4.69, 9.17) is 16.0 Å². The van der Waals surface area contributed by atoms with E-state index in [0.29, 0.717) is 0 Å². The summed E-state index contributed by atoms with van der Waals surface area (Å²) in [6.07, 6.45) is 10.3. The summed E-state index contributed by atoms with van der Waals surface area (Å²) >= 11 is 5.71. The predicted octanol–water partition coefficient (Wildman–Crippen LogP) is 7.32. The van der Waals surface area contributed by atoms with E-state index in [1.807, 2.05) is 0 Å². The molecule has 0 aliphatic rings. The average Bonchev–Trinajstić information content (AvgIpc) is 2.80. The van der Waals surface area contributed by atoms with E-state index in [-0.39, 0.29) is 5.04 Å². The van der Waals surface area contributed by atoms with Gasteiger partial charge >= 0.3 is 0 Å². The van der Waals surface area contributed by atoms with Gasteiger partial charge in [0.05, 0.1) is 0 Å². The lowest BCUT2D eigenvalue weighted by Crippen LogP contribution is -2.66. The molecule has 0 aliphatic heterocycles. The van der Waals surface area contributed by atoms with Gasteiger partial charge in [0, 0.05) is 25.3 Å². The summed E-state index contributed by atoms with van der Waals surface area (Å²) in [4.78, 5) is 0. The quantitative estimate of drug-likeness (QED) is 0.129. The second-order valence-corrected chi connectivity index (χ2v) is 14.2. The molecule has 0 radical (unpaired) electrons. The van der Waals surface area contributed by atoms with Crippen molar-refractivity contribution in [2.24, 2.45) is 0 Å². The molecule has 0 saturated heterocycles. The molecule has 0 aliphatic carbocycles. The van der Waals surface area contributed by atoms with E-state index in [0.717, 1.165) is 44.6 Å². The molecular formula is C29H41ClOSi. The molecule has 2 aromatic carbocycles. The van der Waals surface area contributed by atoms with E-state index in [1.165, 1.54) is 36.1 Å². The maximum absolute atomic E-state index is 6.95. The molecule has 2 rings (SSSR count). The molecule has 2 aromatic rings. The first-order valence-corrected chi connectivity index (χ1v) is 14.7. The summed E-state index contributed by atoms with van der Waals surface area (Å²) in [5.74, 6) is 7.47. The zero-order valence-corrected chi connectivity index (χ0v) is 22.1. The van der Waals surface area contributed by atoms with Gasteiger partial charge in [-0.1, -0.05) is 101 Å². The number of rotatable bonds is 13. The van der Waals surface area contributed by atoms with Crippen molar-refractivity contribution in [3.63, 3.8) is 0 Å². The van der Waals surface area contributed by atoms with Crippen molar-refractivity contribution in [1.29, 1.82) is 0 Å². The van der Waals surface area contributed by atoms with Crippen molar-refractivity contribution >= 4 is 30.3 Å². The van der Waals surface area contributed by atoms with Gasteiger partial charge < -0.3 is 4.43 Å². The highest BCUT2D eigenvalue weighted by Crippen LogP contribution is 2.36. The highest BCUT2D eigenvalue weighted by Gasteiger charge is 2.49. The SMILES string of the molecule is CC(C)(C)[Si](OCCCCCC#CCCCCCCCl)(c1ccccc1)c1ccccc1. The van der Waals surface area contributed by atoms with Crippen LogP contribution in [0.15, 0.2) is 60.7 Å².